The number of H-pyrrole nitrogens is 1. The van der Waals surface area contributed by atoms with Crippen LogP contribution in [0, 0.1) is 0 Å². The van der Waals surface area contributed by atoms with Crippen LogP contribution < -0.4 is 15.8 Å². The molecule has 0 fully saturated rings. The molecule has 0 bridgehead atoms. The molecule has 1 amide bonds. The van der Waals surface area contributed by atoms with Crippen LogP contribution in [0.15, 0.2) is 30.5 Å². The van der Waals surface area contributed by atoms with Gasteiger partial charge in [-0.05, 0) is 11.6 Å². The van der Waals surface area contributed by atoms with E-state index in [4.69, 9.17) is 10.5 Å². The Morgan fingerprint density at radius 1 is 1.53 bits per heavy atom. The van der Waals surface area contributed by atoms with Crippen molar-refractivity contribution in [1.82, 2.24) is 15.5 Å². The third-order valence-corrected chi connectivity index (χ3v) is 3.14. The minimum atomic E-state index is -0.467. The maximum atomic E-state index is 12.0. The zero-order chi connectivity index (χ0) is 13.2. The van der Waals surface area contributed by atoms with E-state index in [-0.39, 0.29) is 5.91 Å². The fraction of sp³-hybridized carbons (Fsp3) is 0.231. The van der Waals surface area contributed by atoms with Crippen LogP contribution in [0.3, 0.4) is 0 Å². The van der Waals surface area contributed by atoms with E-state index in [1.165, 1.54) is 0 Å². The number of nitrogen functional groups attached to an aromatic ring is 1. The Labute approximate surface area is 110 Å². The number of carbonyl (C=O) groups excluding carboxylic acids is 1. The molecule has 19 heavy (non-hydrogen) atoms. The number of nitrogens with one attached hydrogen (secondary N) is 2. The topological polar surface area (TPSA) is 93.0 Å². The molecule has 1 aliphatic heterocycles. The molecule has 98 valence electrons. The predicted octanol–water partition coefficient (Wildman–Crippen LogP) is 0.612. The summed E-state index contributed by atoms with van der Waals surface area (Å²) < 4.78 is 5.60. The van der Waals surface area contributed by atoms with Gasteiger partial charge in [0.1, 0.15) is 11.6 Å². The van der Waals surface area contributed by atoms with E-state index < -0.39 is 6.10 Å². The number of ether oxygens (including phenoxy) is 1. The number of rotatable bonds is 3. The highest BCUT2D eigenvalue weighted by Gasteiger charge is 2.28. The molecule has 1 aromatic heterocycles. The minimum Gasteiger partial charge on any atom is -0.480 e. The fourth-order valence-corrected chi connectivity index (χ4v) is 2.09. The highest BCUT2D eigenvalue weighted by molar-refractivity contribution is 5.82. The lowest BCUT2D eigenvalue weighted by Gasteiger charge is -2.10. The summed E-state index contributed by atoms with van der Waals surface area (Å²) in [5, 5.41) is 9.22. The molecule has 0 radical (unpaired) electrons. The van der Waals surface area contributed by atoms with Gasteiger partial charge < -0.3 is 15.8 Å². The van der Waals surface area contributed by atoms with E-state index >= 15 is 0 Å². The van der Waals surface area contributed by atoms with Crippen molar-refractivity contribution >= 4 is 11.7 Å². The monoisotopic (exact) mass is 258 g/mol. The molecule has 1 aromatic carbocycles. The second kappa shape index (κ2) is 4.64. The smallest absolute Gasteiger partial charge is 0.261 e. The van der Waals surface area contributed by atoms with Gasteiger partial charge in [0.15, 0.2) is 6.10 Å². The Morgan fingerprint density at radius 3 is 3.11 bits per heavy atom. The Bertz CT molecular complexity index is 583. The molecule has 0 spiro atoms. The number of fused-ring (bicyclic) bond motifs is 1. The van der Waals surface area contributed by atoms with E-state index in [0.29, 0.717) is 18.8 Å². The van der Waals surface area contributed by atoms with Crippen molar-refractivity contribution in [3.63, 3.8) is 0 Å². The molecule has 3 rings (SSSR count). The molecule has 0 saturated heterocycles. The van der Waals surface area contributed by atoms with Gasteiger partial charge in [0, 0.05) is 18.5 Å². The van der Waals surface area contributed by atoms with Crippen molar-refractivity contribution < 1.29 is 9.53 Å². The summed E-state index contributed by atoms with van der Waals surface area (Å²) in [6.07, 6.45) is 1.73. The van der Waals surface area contributed by atoms with Crippen LogP contribution in [0.25, 0.3) is 0 Å². The van der Waals surface area contributed by atoms with Crippen molar-refractivity contribution in [3.05, 3.63) is 41.6 Å². The highest BCUT2D eigenvalue weighted by atomic mass is 16.5. The second-order valence-corrected chi connectivity index (χ2v) is 4.45. The van der Waals surface area contributed by atoms with E-state index in [1.807, 2.05) is 24.3 Å². The number of aromatic nitrogens is 2. The normalized spacial score (nSPS) is 16.7. The number of amides is 1. The minimum absolute atomic E-state index is 0.142. The van der Waals surface area contributed by atoms with Crippen molar-refractivity contribution in [2.45, 2.75) is 19.1 Å². The molecule has 2 aromatic rings. The lowest BCUT2D eigenvalue weighted by Crippen LogP contribution is -2.37. The molecule has 1 unspecified atom stereocenters. The van der Waals surface area contributed by atoms with E-state index in [2.05, 4.69) is 15.5 Å². The van der Waals surface area contributed by atoms with Gasteiger partial charge in [0.2, 0.25) is 0 Å². The average molecular weight is 258 g/mol. The molecule has 4 N–H and O–H groups in total. The van der Waals surface area contributed by atoms with Crippen LogP contribution in [0.4, 0.5) is 5.82 Å². The third-order valence-electron chi connectivity index (χ3n) is 3.14. The van der Waals surface area contributed by atoms with E-state index in [1.54, 1.807) is 6.20 Å². The van der Waals surface area contributed by atoms with Crippen LogP contribution in [0.5, 0.6) is 5.75 Å². The molecular weight excluding hydrogens is 244 g/mol. The Morgan fingerprint density at radius 2 is 2.37 bits per heavy atom. The molecule has 6 nitrogen and oxygen atoms in total. The molecule has 0 saturated carbocycles. The highest BCUT2D eigenvalue weighted by Crippen LogP contribution is 2.28. The maximum Gasteiger partial charge on any atom is 0.261 e. The molecular formula is C13H14N4O2. The number of para-hydroxylation sites is 1. The number of hydrogen-bond donors (Lipinski definition) is 3. The van der Waals surface area contributed by atoms with Crippen molar-refractivity contribution in [2.24, 2.45) is 0 Å². The molecule has 1 atom stereocenters. The number of aromatic amines is 1. The standard InChI is InChI=1S/C13H14N4O2/c14-12-9(7-16-17-12)6-15-13(18)11-5-8-3-1-2-4-10(8)19-11/h1-4,7,11H,5-6H2,(H,15,18)(H3,14,16,17). The largest absolute Gasteiger partial charge is 0.480 e. The molecule has 0 aliphatic carbocycles. The zero-order valence-electron chi connectivity index (χ0n) is 10.2. The summed E-state index contributed by atoms with van der Waals surface area (Å²) in [5.41, 5.74) is 7.48. The zero-order valence-corrected chi connectivity index (χ0v) is 10.2. The van der Waals surface area contributed by atoms with Crippen LogP contribution in [0.2, 0.25) is 0 Å². The first kappa shape index (κ1) is 11.6. The van der Waals surface area contributed by atoms with Crippen molar-refractivity contribution in [2.75, 3.05) is 5.73 Å². The number of nitrogens with two attached hydrogens (primary N) is 1. The van der Waals surface area contributed by atoms with Gasteiger partial charge in [0.25, 0.3) is 5.91 Å². The maximum absolute atomic E-state index is 12.0. The number of hydrogen-bond acceptors (Lipinski definition) is 4. The molecule has 1 aliphatic rings. The van der Waals surface area contributed by atoms with Gasteiger partial charge in [-0.25, -0.2) is 0 Å². The lowest BCUT2D eigenvalue weighted by molar-refractivity contribution is -0.127. The molecule has 6 heteroatoms. The van der Waals surface area contributed by atoms with Crippen LogP contribution in [-0.4, -0.2) is 22.2 Å². The first-order chi connectivity index (χ1) is 9.24. The molecule has 2 heterocycles. The van der Waals surface area contributed by atoms with Gasteiger partial charge in [0.05, 0.1) is 6.20 Å². The Hall–Kier alpha value is -2.50. The third kappa shape index (κ3) is 2.24. The number of benzene rings is 1. The van der Waals surface area contributed by atoms with Gasteiger partial charge in [-0.3, -0.25) is 9.89 Å². The summed E-state index contributed by atoms with van der Waals surface area (Å²) in [6, 6.07) is 7.67. The van der Waals surface area contributed by atoms with E-state index in [9.17, 15) is 4.79 Å². The van der Waals surface area contributed by atoms with Gasteiger partial charge in [-0.15, -0.1) is 0 Å². The summed E-state index contributed by atoms with van der Waals surface area (Å²) >= 11 is 0. The second-order valence-electron chi connectivity index (χ2n) is 4.45. The summed E-state index contributed by atoms with van der Waals surface area (Å²) in [6.45, 7) is 0.345. The van der Waals surface area contributed by atoms with Gasteiger partial charge >= 0.3 is 0 Å². The van der Waals surface area contributed by atoms with Gasteiger partial charge in [-0.2, -0.15) is 5.10 Å². The summed E-state index contributed by atoms with van der Waals surface area (Å²) in [7, 11) is 0. The first-order valence-electron chi connectivity index (χ1n) is 6.04. The fourth-order valence-electron chi connectivity index (χ4n) is 2.09. The first-order valence-corrected chi connectivity index (χ1v) is 6.04. The SMILES string of the molecule is Nc1[nH]ncc1CNC(=O)C1Cc2ccccc2O1. The summed E-state index contributed by atoms with van der Waals surface area (Å²) in [4.78, 5) is 12.0. The number of anilines is 1. The van der Waals surface area contributed by atoms with Gasteiger partial charge in [-0.1, -0.05) is 18.2 Å². The average Bonchev–Trinajstić information content (AvgIpc) is 3.01. The van der Waals surface area contributed by atoms with Crippen LogP contribution in [-0.2, 0) is 17.8 Å². The van der Waals surface area contributed by atoms with Crippen LogP contribution >= 0.6 is 0 Å². The quantitative estimate of drug-likeness (QED) is 0.752. The Balaban J connectivity index is 1.60. The van der Waals surface area contributed by atoms with Crippen molar-refractivity contribution in [3.8, 4) is 5.75 Å². The Kier molecular flexibility index (Phi) is 2.83. The lowest BCUT2D eigenvalue weighted by atomic mass is 10.1. The summed E-state index contributed by atoms with van der Waals surface area (Å²) in [5.74, 6) is 1.11. The van der Waals surface area contributed by atoms with Crippen molar-refractivity contribution in [1.29, 1.82) is 0 Å². The predicted molar refractivity (Wildman–Crippen MR) is 69.4 cm³/mol. The van der Waals surface area contributed by atoms with E-state index in [0.717, 1.165) is 16.9 Å². The number of carbonyl (C=O) groups is 1. The van der Waals surface area contributed by atoms with Crippen LogP contribution in [0.1, 0.15) is 11.1 Å². The number of nitrogens with zero attached hydrogens (tertiary/aromatic N) is 1.